The Bertz CT molecular complexity index is 792. The lowest BCUT2D eigenvalue weighted by molar-refractivity contribution is -0.119. The zero-order valence-electron chi connectivity index (χ0n) is 15.4. The fourth-order valence-corrected chi connectivity index (χ4v) is 4.16. The van der Waals surface area contributed by atoms with Crippen molar-refractivity contribution in [1.82, 2.24) is 5.32 Å². The number of rotatable bonds is 8. The number of nitrogens with one attached hydrogen (secondary N) is 2. The number of halogens is 3. The van der Waals surface area contributed by atoms with Crippen LogP contribution in [0.1, 0.15) is 24.8 Å². The van der Waals surface area contributed by atoms with Crippen molar-refractivity contribution in [3.8, 4) is 0 Å². The van der Waals surface area contributed by atoms with Gasteiger partial charge in [-0.2, -0.15) is 13.2 Å². The first-order valence-electron chi connectivity index (χ1n) is 9.23. The molecule has 0 heterocycles. The first-order valence-corrected chi connectivity index (χ1v) is 10.2. The van der Waals surface area contributed by atoms with Crippen LogP contribution in [0.4, 0.5) is 18.9 Å². The number of carbonyl (C=O) groups excluding carboxylic acids is 1. The van der Waals surface area contributed by atoms with Gasteiger partial charge < -0.3 is 10.6 Å². The molecule has 1 aliphatic rings. The Morgan fingerprint density at radius 1 is 1.04 bits per heavy atom. The monoisotopic (exact) mass is 408 g/mol. The van der Waals surface area contributed by atoms with Crippen LogP contribution in [0, 0.1) is 0 Å². The molecule has 1 fully saturated rings. The zero-order valence-corrected chi connectivity index (χ0v) is 16.2. The second-order valence-electron chi connectivity index (χ2n) is 7.03. The summed E-state index contributed by atoms with van der Waals surface area (Å²) < 4.78 is 37.4. The smallest absolute Gasteiger partial charge is 0.375 e. The van der Waals surface area contributed by atoms with Crippen LogP contribution in [0.25, 0.3) is 0 Å². The summed E-state index contributed by atoms with van der Waals surface area (Å²) in [6, 6.07) is 16.9. The Hall–Kier alpha value is -2.15. The minimum Gasteiger partial charge on any atom is -0.375 e. The van der Waals surface area contributed by atoms with Crippen molar-refractivity contribution in [2.45, 2.75) is 35.7 Å². The maximum atomic E-state index is 12.5. The van der Waals surface area contributed by atoms with Gasteiger partial charge in [-0.15, -0.1) is 11.8 Å². The third-order valence-corrected chi connectivity index (χ3v) is 6.18. The molecule has 0 unspecified atom stereocenters. The van der Waals surface area contributed by atoms with Gasteiger partial charge in [-0.25, -0.2) is 0 Å². The van der Waals surface area contributed by atoms with Crippen LogP contribution >= 0.6 is 11.8 Å². The Morgan fingerprint density at radius 3 is 2.36 bits per heavy atom. The van der Waals surface area contributed by atoms with E-state index in [2.05, 4.69) is 22.8 Å². The molecule has 2 N–H and O–H groups in total. The van der Waals surface area contributed by atoms with E-state index in [0.717, 1.165) is 19.3 Å². The Balaban J connectivity index is 1.52. The molecule has 1 saturated carbocycles. The van der Waals surface area contributed by atoms with Crippen molar-refractivity contribution < 1.29 is 18.0 Å². The largest absolute Gasteiger partial charge is 0.398 e. The summed E-state index contributed by atoms with van der Waals surface area (Å²) in [5.74, 6) is -1.13. The van der Waals surface area contributed by atoms with E-state index >= 15 is 0 Å². The van der Waals surface area contributed by atoms with Crippen molar-refractivity contribution in [2.75, 3.05) is 24.2 Å². The van der Waals surface area contributed by atoms with Gasteiger partial charge in [0.05, 0.1) is 12.3 Å². The van der Waals surface area contributed by atoms with Gasteiger partial charge in [-0.3, -0.25) is 4.79 Å². The maximum absolute atomic E-state index is 12.5. The molecular formula is C21H23F3N2OS. The lowest BCUT2D eigenvalue weighted by Crippen LogP contribution is -2.46. The third kappa shape index (κ3) is 5.44. The van der Waals surface area contributed by atoms with Crippen LogP contribution in [-0.2, 0) is 10.2 Å². The van der Waals surface area contributed by atoms with Crippen molar-refractivity contribution in [3.63, 3.8) is 0 Å². The standard InChI is InChI=1S/C21H23F3N2OS/c22-21(23,24)15-28-18-10-5-4-9-17(18)25-13-19(27)26-14-20(11-6-12-20)16-7-2-1-3-8-16/h1-5,7-10,25H,6,11-15H2,(H,26,27). The van der Waals surface area contributed by atoms with Gasteiger partial charge >= 0.3 is 6.18 Å². The summed E-state index contributed by atoms with van der Waals surface area (Å²) in [6.07, 6.45) is -1.00. The van der Waals surface area contributed by atoms with Gasteiger partial charge in [0, 0.05) is 22.5 Å². The van der Waals surface area contributed by atoms with Gasteiger partial charge in [0.1, 0.15) is 0 Å². The van der Waals surface area contributed by atoms with Crippen LogP contribution < -0.4 is 10.6 Å². The van der Waals surface area contributed by atoms with Crippen LogP contribution in [0.2, 0.25) is 0 Å². The minimum absolute atomic E-state index is 0.00259. The van der Waals surface area contributed by atoms with Crippen molar-refractivity contribution in [1.29, 1.82) is 0 Å². The van der Waals surface area contributed by atoms with E-state index < -0.39 is 11.9 Å². The number of thioether (sulfide) groups is 1. The second kappa shape index (κ2) is 8.90. The van der Waals surface area contributed by atoms with Gasteiger partial charge in [0.2, 0.25) is 5.91 Å². The predicted molar refractivity (Wildman–Crippen MR) is 107 cm³/mol. The fourth-order valence-electron chi connectivity index (χ4n) is 3.37. The number of alkyl halides is 3. The van der Waals surface area contributed by atoms with Crippen LogP contribution in [0.15, 0.2) is 59.5 Å². The molecule has 0 saturated heterocycles. The van der Waals surface area contributed by atoms with E-state index in [4.69, 9.17) is 0 Å². The molecule has 0 spiro atoms. The average molecular weight is 408 g/mol. The van der Waals surface area contributed by atoms with E-state index in [0.29, 0.717) is 28.9 Å². The number of para-hydroxylation sites is 1. The Morgan fingerprint density at radius 2 is 1.71 bits per heavy atom. The Kier molecular flexibility index (Phi) is 6.54. The molecule has 150 valence electrons. The SMILES string of the molecule is O=C(CNc1ccccc1SCC(F)(F)F)NCC1(c2ccccc2)CCC1. The van der Waals surface area contributed by atoms with Gasteiger partial charge in [-0.05, 0) is 30.5 Å². The highest BCUT2D eigenvalue weighted by molar-refractivity contribution is 7.99. The van der Waals surface area contributed by atoms with E-state index in [1.54, 1.807) is 24.3 Å². The average Bonchev–Trinajstić information content (AvgIpc) is 2.65. The quantitative estimate of drug-likeness (QED) is 0.605. The molecule has 0 bridgehead atoms. The lowest BCUT2D eigenvalue weighted by atomic mass is 9.64. The Labute approximate surface area is 167 Å². The molecule has 1 aliphatic carbocycles. The number of benzene rings is 2. The number of anilines is 1. The molecule has 0 aliphatic heterocycles. The number of carbonyl (C=O) groups is 1. The van der Waals surface area contributed by atoms with E-state index in [1.807, 2.05) is 18.2 Å². The van der Waals surface area contributed by atoms with Gasteiger partial charge in [0.15, 0.2) is 0 Å². The highest BCUT2D eigenvalue weighted by Crippen LogP contribution is 2.43. The third-order valence-electron chi connectivity index (χ3n) is 5.04. The summed E-state index contributed by atoms with van der Waals surface area (Å²) in [5, 5.41) is 5.94. The first-order chi connectivity index (χ1) is 13.4. The normalized spacial score (nSPS) is 15.5. The molecule has 0 radical (unpaired) electrons. The molecule has 28 heavy (non-hydrogen) atoms. The van der Waals surface area contributed by atoms with Crippen LogP contribution in [0.3, 0.4) is 0 Å². The predicted octanol–water partition coefficient (Wildman–Crippen LogP) is 4.99. The maximum Gasteiger partial charge on any atom is 0.398 e. The second-order valence-corrected chi connectivity index (χ2v) is 8.05. The summed E-state index contributed by atoms with van der Waals surface area (Å²) in [6.45, 7) is 0.594. The topological polar surface area (TPSA) is 41.1 Å². The summed E-state index contributed by atoms with van der Waals surface area (Å²) in [5.41, 5.74) is 1.77. The van der Waals surface area contributed by atoms with Crippen molar-refractivity contribution in [2.24, 2.45) is 0 Å². The molecule has 3 nitrogen and oxygen atoms in total. The molecule has 3 rings (SSSR count). The first kappa shape index (κ1) is 20.6. The van der Waals surface area contributed by atoms with Gasteiger partial charge in [-0.1, -0.05) is 48.9 Å². The molecule has 2 aromatic carbocycles. The number of hydrogen-bond donors (Lipinski definition) is 2. The van der Waals surface area contributed by atoms with Crippen LogP contribution in [0.5, 0.6) is 0 Å². The number of hydrogen-bond acceptors (Lipinski definition) is 3. The summed E-state index contributed by atoms with van der Waals surface area (Å²) in [7, 11) is 0. The summed E-state index contributed by atoms with van der Waals surface area (Å²) >= 11 is 0.714. The van der Waals surface area contributed by atoms with E-state index in [9.17, 15) is 18.0 Å². The molecule has 7 heteroatoms. The highest BCUT2D eigenvalue weighted by atomic mass is 32.2. The van der Waals surface area contributed by atoms with Gasteiger partial charge in [0.25, 0.3) is 0 Å². The molecule has 1 amide bonds. The number of amides is 1. The fraction of sp³-hybridized carbons (Fsp3) is 0.381. The van der Waals surface area contributed by atoms with Crippen molar-refractivity contribution in [3.05, 3.63) is 60.2 Å². The highest BCUT2D eigenvalue weighted by Gasteiger charge is 2.38. The van der Waals surface area contributed by atoms with Crippen LogP contribution in [-0.4, -0.2) is 30.9 Å². The molecule has 2 aromatic rings. The van der Waals surface area contributed by atoms with E-state index in [-0.39, 0.29) is 17.9 Å². The molecule has 0 atom stereocenters. The van der Waals surface area contributed by atoms with E-state index in [1.165, 1.54) is 5.56 Å². The molecule has 0 aromatic heterocycles. The van der Waals surface area contributed by atoms with Crippen molar-refractivity contribution >= 4 is 23.4 Å². The summed E-state index contributed by atoms with van der Waals surface area (Å²) in [4.78, 5) is 12.8. The minimum atomic E-state index is -4.23. The molecular weight excluding hydrogens is 385 g/mol. The zero-order chi connectivity index (χ0) is 20.0. The lowest BCUT2D eigenvalue weighted by Gasteiger charge is -2.42.